The van der Waals surface area contributed by atoms with E-state index < -0.39 is 5.54 Å². The Morgan fingerprint density at radius 1 is 1.09 bits per heavy atom. The van der Waals surface area contributed by atoms with Gasteiger partial charge in [-0.15, -0.1) is 0 Å². The molecule has 0 fully saturated rings. The lowest BCUT2D eigenvalue weighted by Crippen LogP contribution is -2.48. The van der Waals surface area contributed by atoms with Crippen molar-refractivity contribution in [2.24, 2.45) is 0 Å². The lowest BCUT2D eigenvalue weighted by atomic mass is 9.95. The molecular weight excluding hydrogens is 422 g/mol. The number of ether oxygens (including phenoxy) is 3. The number of benzene rings is 2. The number of hydrogen-bond acceptors (Lipinski definition) is 6. The van der Waals surface area contributed by atoms with Crippen LogP contribution in [0.1, 0.15) is 29.2 Å². The van der Waals surface area contributed by atoms with Crippen LogP contribution in [0.2, 0.25) is 0 Å². The van der Waals surface area contributed by atoms with Gasteiger partial charge >= 0.3 is 5.97 Å². The number of anilines is 1. The van der Waals surface area contributed by atoms with E-state index in [4.69, 9.17) is 14.2 Å². The third-order valence-corrected chi connectivity index (χ3v) is 6.60. The van der Waals surface area contributed by atoms with E-state index in [1.165, 1.54) is 22.3 Å². The van der Waals surface area contributed by atoms with Crippen molar-refractivity contribution in [3.05, 3.63) is 75.5 Å². The average molecular weight is 452 g/mol. The minimum absolute atomic E-state index is 0.223. The summed E-state index contributed by atoms with van der Waals surface area (Å²) in [6.07, 6.45) is 2.02. The topological polar surface area (TPSA) is 56.8 Å². The van der Waals surface area contributed by atoms with Crippen molar-refractivity contribution < 1.29 is 19.0 Å². The number of hydrogen-bond donors (Lipinski definition) is 1. The molecule has 3 aromatic rings. The standard InChI is InChI=1S/C26H29NO4S/c1-4-30-25(28)26(14-20-16-32-17-21(20)15-26)27-22-8-9-23(29-3)24(13-22)31-11-10-19-7-5-6-18(2)12-19/h5-9,12-13,16-17,27H,4,10-11,14-15H2,1-3H3. The van der Waals surface area contributed by atoms with Crippen LogP contribution in [0.25, 0.3) is 0 Å². The second-order valence-corrected chi connectivity index (χ2v) is 8.90. The summed E-state index contributed by atoms with van der Waals surface area (Å²) in [5, 5.41) is 7.71. The normalized spacial score (nSPS) is 14.0. The van der Waals surface area contributed by atoms with Crippen molar-refractivity contribution in [2.75, 3.05) is 25.6 Å². The predicted octanol–water partition coefficient (Wildman–Crippen LogP) is 5.20. The largest absolute Gasteiger partial charge is 0.493 e. The second-order valence-electron chi connectivity index (χ2n) is 8.16. The molecule has 2 aromatic carbocycles. The molecule has 0 aliphatic heterocycles. The van der Waals surface area contributed by atoms with E-state index in [0.717, 1.165) is 12.1 Å². The van der Waals surface area contributed by atoms with Crippen molar-refractivity contribution in [3.63, 3.8) is 0 Å². The molecule has 1 aliphatic carbocycles. The summed E-state index contributed by atoms with van der Waals surface area (Å²) in [6.45, 7) is 4.81. The number of rotatable bonds is 9. The Balaban J connectivity index is 1.51. The van der Waals surface area contributed by atoms with E-state index in [1.54, 1.807) is 18.4 Å². The van der Waals surface area contributed by atoms with Crippen molar-refractivity contribution in [1.82, 2.24) is 0 Å². The highest BCUT2D eigenvalue weighted by Gasteiger charge is 2.45. The van der Waals surface area contributed by atoms with Gasteiger partial charge in [0.25, 0.3) is 0 Å². The molecule has 5 nitrogen and oxygen atoms in total. The first-order chi connectivity index (χ1) is 15.5. The SMILES string of the molecule is CCOC(=O)C1(Nc2ccc(OC)c(OCCc3cccc(C)c3)c2)Cc2cscc2C1. The molecule has 1 aliphatic rings. The van der Waals surface area contributed by atoms with E-state index in [2.05, 4.69) is 47.3 Å². The summed E-state index contributed by atoms with van der Waals surface area (Å²) in [5.74, 6) is 1.09. The molecule has 1 N–H and O–H groups in total. The molecule has 0 atom stereocenters. The molecule has 1 aromatic heterocycles. The van der Waals surface area contributed by atoms with Gasteiger partial charge in [0.05, 0.1) is 20.3 Å². The Bertz CT molecular complexity index is 1070. The van der Waals surface area contributed by atoms with Crippen molar-refractivity contribution in [3.8, 4) is 11.5 Å². The highest BCUT2D eigenvalue weighted by molar-refractivity contribution is 7.08. The van der Waals surface area contributed by atoms with Crippen molar-refractivity contribution in [1.29, 1.82) is 0 Å². The number of carbonyl (C=O) groups is 1. The second kappa shape index (κ2) is 9.65. The van der Waals surface area contributed by atoms with Gasteiger partial charge in [-0.3, -0.25) is 0 Å². The van der Waals surface area contributed by atoms with Gasteiger partial charge in [0.2, 0.25) is 0 Å². The summed E-state index contributed by atoms with van der Waals surface area (Å²) < 4.78 is 17.0. The smallest absolute Gasteiger partial charge is 0.332 e. The quantitative estimate of drug-likeness (QED) is 0.453. The van der Waals surface area contributed by atoms with Crippen LogP contribution in [0.5, 0.6) is 11.5 Å². The van der Waals surface area contributed by atoms with Gasteiger partial charge in [-0.05, 0) is 53.4 Å². The lowest BCUT2D eigenvalue weighted by Gasteiger charge is -2.29. The van der Waals surface area contributed by atoms with Crippen LogP contribution in [-0.2, 0) is 28.8 Å². The van der Waals surface area contributed by atoms with Gasteiger partial charge < -0.3 is 19.5 Å². The Labute approximate surface area is 193 Å². The van der Waals surface area contributed by atoms with E-state index in [-0.39, 0.29) is 5.97 Å². The number of nitrogens with one attached hydrogen (secondary N) is 1. The molecule has 0 radical (unpaired) electrons. The van der Waals surface area contributed by atoms with E-state index in [0.29, 0.717) is 37.6 Å². The molecule has 0 unspecified atom stereocenters. The van der Waals surface area contributed by atoms with Crippen LogP contribution in [-0.4, -0.2) is 31.8 Å². The zero-order valence-electron chi connectivity index (χ0n) is 18.8. The van der Waals surface area contributed by atoms with Crippen LogP contribution in [0.3, 0.4) is 0 Å². The van der Waals surface area contributed by atoms with Crippen molar-refractivity contribution >= 4 is 23.0 Å². The number of esters is 1. The highest BCUT2D eigenvalue weighted by Crippen LogP contribution is 2.38. The molecule has 6 heteroatoms. The summed E-state index contributed by atoms with van der Waals surface area (Å²) in [6, 6.07) is 14.1. The zero-order chi connectivity index (χ0) is 22.6. The third-order valence-electron chi connectivity index (χ3n) is 5.76. The average Bonchev–Trinajstić information content (AvgIpc) is 3.34. The van der Waals surface area contributed by atoms with Crippen LogP contribution in [0.15, 0.2) is 53.2 Å². The Hall–Kier alpha value is -2.99. The maximum atomic E-state index is 13.0. The fourth-order valence-corrected chi connectivity index (χ4v) is 5.08. The molecule has 4 rings (SSSR count). The summed E-state index contributed by atoms with van der Waals surface area (Å²) in [5.41, 5.74) is 4.88. The van der Waals surface area contributed by atoms with Gasteiger partial charge in [-0.2, -0.15) is 11.3 Å². The summed E-state index contributed by atoms with van der Waals surface area (Å²) in [7, 11) is 1.63. The zero-order valence-corrected chi connectivity index (χ0v) is 19.6. The summed E-state index contributed by atoms with van der Waals surface area (Å²) in [4.78, 5) is 13.0. The fraction of sp³-hybridized carbons (Fsp3) is 0.346. The first kappa shape index (κ1) is 22.2. The minimum atomic E-state index is -0.803. The van der Waals surface area contributed by atoms with Gasteiger partial charge in [0.15, 0.2) is 11.5 Å². The van der Waals surface area contributed by atoms with E-state index >= 15 is 0 Å². The first-order valence-electron chi connectivity index (χ1n) is 10.9. The monoisotopic (exact) mass is 451 g/mol. The Morgan fingerprint density at radius 2 is 1.88 bits per heavy atom. The first-order valence-corrected chi connectivity index (χ1v) is 11.8. The third kappa shape index (κ3) is 4.75. The van der Waals surface area contributed by atoms with Crippen LogP contribution >= 0.6 is 11.3 Å². The number of carbonyl (C=O) groups excluding carboxylic acids is 1. The maximum absolute atomic E-state index is 13.0. The molecular formula is C26H29NO4S. The van der Waals surface area contributed by atoms with Gasteiger partial charge in [0, 0.05) is 31.0 Å². The van der Waals surface area contributed by atoms with Gasteiger partial charge in [0.1, 0.15) is 5.54 Å². The molecule has 0 saturated heterocycles. The number of methoxy groups -OCH3 is 1. The lowest BCUT2D eigenvalue weighted by molar-refractivity contribution is -0.148. The summed E-state index contributed by atoms with van der Waals surface area (Å²) >= 11 is 1.67. The molecule has 0 bridgehead atoms. The molecule has 0 amide bonds. The van der Waals surface area contributed by atoms with Crippen molar-refractivity contribution in [2.45, 2.75) is 38.6 Å². The Kier molecular flexibility index (Phi) is 6.70. The number of thiophene rings is 1. The van der Waals surface area contributed by atoms with Gasteiger partial charge in [-0.1, -0.05) is 29.8 Å². The Morgan fingerprint density at radius 3 is 2.56 bits per heavy atom. The van der Waals surface area contributed by atoms with E-state index in [1.807, 2.05) is 25.1 Å². The van der Waals surface area contributed by atoms with Crippen LogP contribution in [0.4, 0.5) is 5.69 Å². The minimum Gasteiger partial charge on any atom is -0.493 e. The molecule has 0 saturated carbocycles. The maximum Gasteiger partial charge on any atom is 0.332 e. The number of fused-ring (bicyclic) bond motifs is 1. The predicted molar refractivity (Wildman–Crippen MR) is 128 cm³/mol. The van der Waals surface area contributed by atoms with Crippen LogP contribution < -0.4 is 14.8 Å². The van der Waals surface area contributed by atoms with Crippen LogP contribution in [0, 0.1) is 6.92 Å². The van der Waals surface area contributed by atoms with Gasteiger partial charge in [-0.25, -0.2) is 4.79 Å². The number of aryl methyl sites for hydroxylation is 1. The molecule has 168 valence electrons. The van der Waals surface area contributed by atoms with E-state index in [9.17, 15) is 4.79 Å². The fourth-order valence-electron chi connectivity index (χ4n) is 4.22. The molecule has 32 heavy (non-hydrogen) atoms. The molecule has 1 heterocycles. The molecule has 0 spiro atoms. The highest BCUT2D eigenvalue weighted by atomic mass is 32.1.